The van der Waals surface area contributed by atoms with Gasteiger partial charge in [-0.2, -0.15) is 5.10 Å². The Hall–Kier alpha value is -1.88. The van der Waals surface area contributed by atoms with E-state index in [1.807, 2.05) is 31.3 Å². The van der Waals surface area contributed by atoms with E-state index in [0.29, 0.717) is 12.2 Å². The number of carbonyl (C=O) groups is 1. The van der Waals surface area contributed by atoms with Gasteiger partial charge in [-0.3, -0.25) is 9.48 Å². The Labute approximate surface area is 118 Å². The molecule has 1 aromatic heterocycles. The van der Waals surface area contributed by atoms with Gasteiger partial charge in [0, 0.05) is 24.5 Å². The van der Waals surface area contributed by atoms with Gasteiger partial charge in [-0.05, 0) is 32.4 Å². The highest BCUT2D eigenvalue weighted by atomic mass is 16.2. The molecule has 3 rings (SSSR count). The van der Waals surface area contributed by atoms with E-state index in [1.165, 1.54) is 6.42 Å². The van der Waals surface area contributed by atoms with Crippen LogP contribution in [0.2, 0.25) is 0 Å². The van der Waals surface area contributed by atoms with Gasteiger partial charge in [0.1, 0.15) is 0 Å². The highest BCUT2D eigenvalue weighted by Crippen LogP contribution is 2.19. The van der Waals surface area contributed by atoms with E-state index in [9.17, 15) is 4.79 Å². The Kier molecular flexibility index (Phi) is 3.22. The summed E-state index contributed by atoms with van der Waals surface area (Å²) in [4.78, 5) is 12.4. The number of para-hydroxylation sites is 1. The first-order valence-electron chi connectivity index (χ1n) is 7.04. The number of fused-ring (bicyclic) bond motifs is 1. The van der Waals surface area contributed by atoms with Gasteiger partial charge in [0.25, 0.3) is 5.91 Å². The van der Waals surface area contributed by atoms with E-state index in [2.05, 4.69) is 22.7 Å². The molecule has 20 heavy (non-hydrogen) atoms. The van der Waals surface area contributed by atoms with E-state index in [1.54, 1.807) is 4.68 Å². The van der Waals surface area contributed by atoms with Gasteiger partial charge in [0.15, 0.2) is 5.69 Å². The lowest BCUT2D eigenvalue weighted by Crippen LogP contribution is -2.47. The van der Waals surface area contributed by atoms with Crippen LogP contribution in [0, 0.1) is 0 Å². The van der Waals surface area contributed by atoms with E-state index < -0.39 is 0 Å². The number of nitrogens with one attached hydrogen (secondary N) is 2. The van der Waals surface area contributed by atoms with Gasteiger partial charge in [-0.15, -0.1) is 0 Å². The van der Waals surface area contributed by atoms with Gasteiger partial charge >= 0.3 is 0 Å². The Morgan fingerprint density at radius 1 is 1.50 bits per heavy atom. The molecule has 1 aromatic carbocycles. The predicted molar refractivity (Wildman–Crippen MR) is 78.7 cm³/mol. The summed E-state index contributed by atoms with van der Waals surface area (Å²) in [6.45, 7) is 3.81. The van der Waals surface area contributed by atoms with Crippen molar-refractivity contribution in [1.29, 1.82) is 0 Å². The zero-order valence-electron chi connectivity index (χ0n) is 11.9. The molecule has 2 heterocycles. The molecule has 0 spiro atoms. The second kappa shape index (κ2) is 4.90. The fourth-order valence-electron chi connectivity index (χ4n) is 2.85. The zero-order valence-corrected chi connectivity index (χ0v) is 11.9. The van der Waals surface area contributed by atoms with Crippen LogP contribution in [0.15, 0.2) is 24.3 Å². The third-order valence-electron chi connectivity index (χ3n) is 4.07. The topological polar surface area (TPSA) is 59.0 Å². The molecule has 5 nitrogen and oxygen atoms in total. The van der Waals surface area contributed by atoms with Gasteiger partial charge in [-0.1, -0.05) is 18.2 Å². The van der Waals surface area contributed by atoms with Crippen molar-refractivity contribution >= 4 is 16.8 Å². The molecule has 1 fully saturated rings. The van der Waals surface area contributed by atoms with Crippen molar-refractivity contribution < 1.29 is 4.79 Å². The van der Waals surface area contributed by atoms with Crippen molar-refractivity contribution in [1.82, 2.24) is 20.4 Å². The van der Waals surface area contributed by atoms with Crippen LogP contribution >= 0.6 is 0 Å². The van der Waals surface area contributed by atoms with Crippen LogP contribution in [0.5, 0.6) is 0 Å². The smallest absolute Gasteiger partial charge is 0.272 e. The molecule has 5 heteroatoms. The SMILES string of the molecule is Cn1nc(C(=O)NCC2(C)CCCN2)c2ccccc21. The minimum absolute atomic E-state index is 0.0141. The highest BCUT2D eigenvalue weighted by molar-refractivity contribution is 6.04. The van der Waals surface area contributed by atoms with Crippen molar-refractivity contribution in [3.05, 3.63) is 30.0 Å². The Morgan fingerprint density at radius 3 is 3.05 bits per heavy atom. The van der Waals surface area contributed by atoms with Crippen LogP contribution < -0.4 is 10.6 Å². The number of rotatable bonds is 3. The lowest BCUT2D eigenvalue weighted by atomic mass is 10.0. The van der Waals surface area contributed by atoms with Crippen molar-refractivity contribution in [2.75, 3.05) is 13.1 Å². The summed E-state index contributed by atoms with van der Waals surface area (Å²) in [6, 6.07) is 7.79. The van der Waals surface area contributed by atoms with Crippen molar-refractivity contribution in [3.63, 3.8) is 0 Å². The molecule has 106 valence electrons. The fourth-order valence-corrected chi connectivity index (χ4v) is 2.85. The molecule has 2 aromatic rings. The monoisotopic (exact) mass is 272 g/mol. The number of hydrogen-bond acceptors (Lipinski definition) is 3. The normalized spacial score (nSPS) is 22.3. The Balaban J connectivity index is 1.79. The number of aromatic nitrogens is 2. The third-order valence-corrected chi connectivity index (χ3v) is 4.07. The standard InChI is InChI=1S/C15H20N4O/c1-15(8-5-9-17-15)10-16-14(20)13-11-6-3-4-7-12(11)19(2)18-13/h3-4,6-7,17H,5,8-10H2,1-2H3,(H,16,20). The molecule has 1 saturated heterocycles. The van der Waals surface area contributed by atoms with Gasteiger partial charge < -0.3 is 10.6 Å². The van der Waals surface area contributed by atoms with Crippen molar-refractivity contribution in [3.8, 4) is 0 Å². The number of hydrogen-bond donors (Lipinski definition) is 2. The molecule has 1 unspecified atom stereocenters. The molecule has 1 amide bonds. The number of carbonyl (C=O) groups excluding carboxylic acids is 1. The summed E-state index contributed by atoms with van der Waals surface area (Å²) < 4.78 is 1.75. The van der Waals surface area contributed by atoms with Gasteiger partial charge in [0.2, 0.25) is 0 Å². The second-order valence-corrected chi connectivity index (χ2v) is 5.76. The highest BCUT2D eigenvalue weighted by Gasteiger charge is 2.28. The lowest BCUT2D eigenvalue weighted by Gasteiger charge is -2.24. The minimum atomic E-state index is -0.100. The maximum atomic E-state index is 12.4. The molecule has 2 N–H and O–H groups in total. The maximum absolute atomic E-state index is 12.4. The molecular weight excluding hydrogens is 252 g/mol. The lowest BCUT2D eigenvalue weighted by molar-refractivity contribution is 0.0938. The molecule has 0 aliphatic carbocycles. The summed E-state index contributed by atoms with van der Waals surface area (Å²) in [7, 11) is 1.86. The third kappa shape index (κ3) is 2.29. The summed E-state index contributed by atoms with van der Waals surface area (Å²) in [5, 5.41) is 11.7. The minimum Gasteiger partial charge on any atom is -0.349 e. The molecule has 0 saturated carbocycles. The molecule has 1 atom stereocenters. The summed E-state index contributed by atoms with van der Waals surface area (Å²) >= 11 is 0. The first kappa shape index (κ1) is 13.1. The van der Waals surface area contributed by atoms with Crippen molar-refractivity contribution in [2.24, 2.45) is 7.05 Å². The summed E-state index contributed by atoms with van der Waals surface area (Å²) in [5.74, 6) is -0.100. The number of benzene rings is 1. The molecule has 1 aliphatic rings. The van der Waals surface area contributed by atoms with E-state index in [-0.39, 0.29) is 11.4 Å². The van der Waals surface area contributed by atoms with Crippen LogP contribution in [0.1, 0.15) is 30.3 Å². The average Bonchev–Trinajstić information content (AvgIpc) is 3.02. The first-order valence-corrected chi connectivity index (χ1v) is 7.04. The number of aryl methyl sites for hydroxylation is 1. The van der Waals surface area contributed by atoms with E-state index in [0.717, 1.165) is 23.9 Å². The number of nitrogens with zero attached hydrogens (tertiary/aromatic N) is 2. The van der Waals surface area contributed by atoms with Gasteiger partial charge in [-0.25, -0.2) is 0 Å². The predicted octanol–water partition coefficient (Wildman–Crippen LogP) is 1.45. The molecule has 0 bridgehead atoms. The van der Waals surface area contributed by atoms with Crippen LogP contribution in [-0.4, -0.2) is 34.3 Å². The van der Waals surface area contributed by atoms with Crippen LogP contribution in [0.3, 0.4) is 0 Å². The number of amides is 1. The summed E-state index contributed by atoms with van der Waals surface area (Å²) in [5.41, 5.74) is 1.49. The maximum Gasteiger partial charge on any atom is 0.272 e. The Bertz CT molecular complexity index is 640. The zero-order chi connectivity index (χ0) is 14.2. The van der Waals surface area contributed by atoms with E-state index >= 15 is 0 Å². The largest absolute Gasteiger partial charge is 0.349 e. The summed E-state index contributed by atoms with van der Waals surface area (Å²) in [6.07, 6.45) is 2.26. The van der Waals surface area contributed by atoms with E-state index in [4.69, 9.17) is 0 Å². The quantitative estimate of drug-likeness (QED) is 0.889. The Morgan fingerprint density at radius 2 is 2.30 bits per heavy atom. The van der Waals surface area contributed by atoms with Crippen molar-refractivity contribution in [2.45, 2.75) is 25.3 Å². The molecule has 1 aliphatic heterocycles. The molecule has 0 radical (unpaired) electrons. The second-order valence-electron chi connectivity index (χ2n) is 5.76. The average molecular weight is 272 g/mol. The van der Waals surface area contributed by atoms with Crippen LogP contribution in [0.25, 0.3) is 10.9 Å². The molecular formula is C15H20N4O. The first-order chi connectivity index (χ1) is 9.59. The fraction of sp³-hybridized carbons (Fsp3) is 0.467. The van der Waals surface area contributed by atoms with Crippen LogP contribution in [0.4, 0.5) is 0 Å². The van der Waals surface area contributed by atoms with Crippen LogP contribution in [-0.2, 0) is 7.05 Å². The van der Waals surface area contributed by atoms with Gasteiger partial charge in [0.05, 0.1) is 5.52 Å².